The van der Waals surface area contributed by atoms with Gasteiger partial charge in [-0.25, -0.2) is 0 Å². The number of amidine groups is 1. The van der Waals surface area contributed by atoms with E-state index in [1.165, 1.54) is 0 Å². The maximum absolute atomic E-state index is 9.39. The quantitative estimate of drug-likeness (QED) is 0.791. The van der Waals surface area contributed by atoms with Gasteiger partial charge in [0.05, 0.1) is 12.6 Å². The molecule has 0 fully saturated rings. The molecule has 1 aromatic rings. The first kappa shape index (κ1) is 10.2. The van der Waals surface area contributed by atoms with Gasteiger partial charge in [-0.1, -0.05) is 24.3 Å². The minimum atomic E-state index is -0.401. The van der Waals surface area contributed by atoms with Crippen LogP contribution < -0.4 is 0 Å². The van der Waals surface area contributed by atoms with Crippen molar-refractivity contribution < 1.29 is 5.11 Å². The average molecular weight is 204 g/mol. The number of hydrogen-bond donors (Lipinski definition) is 1. The Bertz CT molecular complexity index is 368. The molecule has 15 heavy (non-hydrogen) atoms. The van der Waals surface area contributed by atoms with Gasteiger partial charge in [-0.05, 0) is 12.5 Å². The van der Waals surface area contributed by atoms with Crippen molar-refractivity contribution in [3.63, 3.8) is 0 Å². The third-order valence-electron chi connectivity index (χ3n) is 2.71. The number of aliphatic imine (C=N–C) groups is 1. The molecule has 1 aromatic carbocycles. The van der Waals surface area contributed by atoms with E-state index in [1.807, 2.05) is 24.3 Å². The zero-order chi connectivity index (χ0) is 10.8. The number of benzene rings is 1. The Morgan fingerprint density at radius 3 is 2.47 bits per heavy atom. The first-order valence-corrected chi connectivity index (χ1v) is 5.22. The second-order valence-corrected chi connectivity index (χ2v) is 3.92. The molecule has 0 bridgehead atoms. The number of aliphatic hydroxyl groups is 1. The Balaban J connectivity index is 2.24. The van der Waals surface area contributed by atoms with E-state index in [0.717, 1.165) is 30.1 Å². The van der Waals surface area contributed by atoms with Gasteiger partial charge >= 0.3 is 0 Å². The molecule has 0 amide bonds. The molecular weight excluding hydrogens is 188 g/mol. The number of nitrogens with zero attached hydrogens (tertiary/aromatic N) is 2. The topological polar surface area (TPSA) is 35.8 Å². The van der Waals surface area contributed by atoms with Crippen LogP contribution >= 0.6 is 0 Å². The van der Waals surface area contributed by atoms with E-state index in [4.69, 9.17) is 0 Å². The van der Waals surface area contributed by atoms with Crippen LogP contribution in [0.4, 0.5) is 0 Å². The normalized spacial score (nSPS) is 17.8. The lowest BCUT2D eigenvalue weighted by atomic mass is 10.1. The largest absolute Gasteiger partial charge is 0.389 e. The molecule has 2 rings (SSSR count). The van der Waals surface area contributed by atoms with Gasteiger partial charge in [0.2, 0.25) is 0 Å². The molecule has 1 atom stereocenters. The maximum atomic E-state index is 9.39. The predicted molar refractivity (Wildman–Crippen MR) is 61.1 cm³/mol. The van der Waals surface area contributed by atoms with Crippen LogP contribution in [0.3, 0.4) is 0 Å². The Hall–Kier alpha value is -1.35. The van der Waals surface area contributed by atoms with Gasteiger partial charge in [0.25, 0.3) is 0 Å². The monoisotopic (exact) mass is 204 g/mol. The molecule has 0 saturated heterocycles. The first-order chi connectivity index (χ1) is 7.18. The highest BCUT2D eigenvalue weighted by atomic mass is 16.3. The van der Waals surface area contributed by atoms with Crippen LogP contribution in [0.2, 0.25) is 0 Å². The van der Waals surface area contributed by atoms with Gasteiger partial charge in [-0.2, -0.15) is 0 Å². The van der Waals surface area contributed by atoms with E-state index in [9.17, 15) is 5.11 Å². The van der Waals surface area contributed by atoms with Crippen LogP contribution in [0.1, 0.15) is 24.2 Å². The number of likely N-dealkylation sites (N-methyl/N-ethyl adjacent to an activating group) is 1. The summed E-state index contributed by atoms with van der Waals surface area (Å²) in [6.45, 7) is 3.64. The molecule has 0 spiro atoms. The van der Waals surface area contributed by atoms with E-state index < -0.39 is 6.10 Å². The van der Waals surface area contributed by atoms with Crippen LogP contribution in [-0.4, -0.2) is 36.0 Å². The van der Waals surface area contributed by atoms with Crippen LogP contribution in [0.15, 0.2) is 29.3 Å². The molecule has 3 heteroatoms. The summed E-state index contributed by atoms with van der Waals surface area (Å²) in [6, 6.07) is 7.94. The van der Waals surface area contributed by atoms with Crippen LogP contribution in [-0.2, 0) is 0 Å². The Kier molecular flexibility index (Phi) is 2.73. The van der Waals surface area contributed by atoms with Crippen molar-refractivity contribution in [1.29, 1.82) is 0 Å². The minimum Gasteiger partial charge on any atom is -0.389 e. The minimum absolute atomic E-state index is 0.401. The molecule has 0 radical (unpaired) electrons. The van der Waals surface area contributed by atoms with E-state index in [1.54, 1.807) is 6.92 Å². The highest BCUT2D eigenvalue weighted by Gasteiger charge is 2.14. The van der Waals surface area contributed by atoms with E-state index >= 15 is 0 Å². The van der Waals surface area contributed by atoms with Crippen LogP contribution in [0.25, 0.3) is 0 Å². The van der Waals surface area contributed by atoms with Crippen molar-refractivity contribution in [3.8, 4) is 0 Å². The maximum Gasteiger partial charge on any atom is 0.130 e. The summed E-state index contributed by atoms with van der Waals surface area (Å²) < 4.78 is 0. The molecule has 1 unspecified atom stereocenters. The van der Waals surface area contributed by atoms with Crippen molar-refractivity contribution in [2.45, 2.75) is 13.0 Å². The molecule has 0 aromatic heterocycles. The lowest BCUT2D eigenvalue weighted by Crippen LogP contribution is -2.23. The van der Waals surface area contributed by atoms with Gasteiger partial charge in [0.15, 0.2) is 0 Å². The lowest BCUT2D eigenvalue weighted by molar-refractivity contribution is 0.199. The fraction of sp³-hybridized carbons (Fsp3) is 0.417. The van der Waals surface area contributed by atoms with E-state index in [-0.39, 0.29) is 0 Å². The number of hydrogen-bond acceptors (Lipinski definition) is 3. The predicted octanol–water partition coefficient (Wildman–Crippen LogP) is 1.43. The zero-order valence-corrected chi connectivity index (χ0v) is 9.14. The van der Waals surface area contributed by atoms with Gasteiger partial charge < -0.3 is 10.0 Å². The van der Waals surface area contributed by atoms with Crippen LogP contribution in [0.5, 0.6) is 0 Å². The first-order valence-electron chi connectivity index (χ1n) is 5.22. The molecular formula is C12H16N2O. The fourth-order valence-corrected chi connectivity index (χ4v) is 1.75. The third kappa shape index (κ3) is 2.02. The standard InChI is InChI=1S/C12H16N2O/c1-9(15)10-3-5-11(6-4-10)12-13-7-8-14(12)2/h3-6,9,15H,7-8H2,1-2H3. The van der Waals surface area contributed by atoms with Crippen LogP contribution in [0, 0.1) is 0 Å². The van der Waals surface area contributed by atoms with Gasteiger partial charge in [-0.15, -0.1) is 0 Å². The summed E-state index contributed by atoms with van der Waals surface area (Å²) in [5, 5.41) is 9.39. The second kappa shape index (κ2) is 4.03. The number of rotatable bonds is 2. The summed E-state index contributed by atoms with van der Waals surface area (Å²) in [7, 11) is 2.05. The van der Waals surface area contributed by atoms with Crippen molar-refractivity contribution in [2.24, 2.45) is 4.99 Å². The molecule has 0 aliphatic carbocycles. The Morgan fingerprint density at radius 2 is 2.00 bits per heavy atom. The molecule has 1 aliphatic rings. The average Bonchev–Trinajstić information content (AvgIpc) is 2.65. The second-order valence-electron chi connectivity index (χ2n) is 3.92. The van der Waals surface area contributed by atoms with Crippen molar-refractivity contribution in [3.05, 3.63) is 35.4 Å². The van der Waals surface area contributed by atoms with Crippen molar-refractivity contribution in [2.75, 3.05) is 20.1 Å². The smallest absolute Gasteiger partial charge is 0.130 e. The summed E-state index contributed by atoms with van der Waals surface area (Å²) in [4.78, 5) is 6.59. The fourth-order valence-electron chi connectivity index (χ4n) is 1.75. The molecule has 80 valence electrons. The van der Waals surface area contributed by atoms with Gasteiger partial charge in [0.1, 0.15) is 5.84 Å². The highest BCUT2D eigenvalue weighted by molar-refractivity contribution is 5.99. The molecule has 0 saturated carbocycles. The zero-order valence-electron chi connectivity index (χ0n) is 9.14. The van der Waals surface area contributed by atoms with E-state index in [0.29, 0.717) is 0 Å². The SMILES string of the molecule is CC(O)c1ccc(C2=NCCN2C)cc1. The van der Waals surface area contributed by atoms with Gasteiger partial charge in [0, 0.05) is 19.2 Å². The highest BCUT2D eigenvalue weighted by Crippen LogP contribution is 2.15. The summed E-state index contributed by atoms with van der Waals surface area (Å²) >= 11 is 0. The summed E-state index contributed by atoms with van der Waals surface area (Å²) in [5.74, 6) is 1.05. The van der Waals surface area contributed by atoms with Crippen molar-refractivity contribution in [1.82, 2.24) is 4.90 Å². The summed E-state index contributed by atoms with van der Waals surface area (Å²) in [6.07, 6.45) is -0.401. The lowest BCUT2D eigenvalue weighted by Gasteiger charge is -2.14. The van der Waals surface area contributed by atoms with Gasteiger partial charge in [-0.3, -0.25) is 4.99 Å². The van der Waals surface area contributed by atoms with E-state index in [2.05, 4.69) is 16.9 Å². The molecule has 1 aliphatic heterocycles. The Labute approximate surface area is 90.1 Å². The molecule has 3 nitrogen and oxygen atoms in total. The molecule has 1 heterocycles. The van der Waals surface area contributed by atoms with Crippen molar-refractivity contribution >= 4 is 5.84 Å². The number of aliphatic hydroxyl groups excluding tert-OH is 1. The summed E-state index contributed by atoms with van der Waals surface area (Å²) in [5.41, 5.74) is 2.07. The third-order valence-corrected chi connectivity index (χ3v) is 2.71. The Morgan fingerprint density at radius 1 is 1.33 bits per heavy atom. The molecule has 1 N–H and O–H groups in total.